The Morgan fingerprint density at radius 2 is 2.29 bits per heavy atom. The van der Waals surface area contributed by atoms with Gasteiger partial charge in [-0.05, 0) is 24.1 Å². The Bertz CT molecular complexity index is 422. The molecule has 90 valence electrons. The van der Waals surface area contributed by atoms with Gasteiger partial charge in [0.2, 0.25) is 0 Å². The maximum atomic E-state index is 11.4. The average Bonchev–Trinajstić information content (AvgIpc) is 2.34. The first-order valence-electron chi connectivity index (χ1n) is 5.51. The summed E-state index contributed by atoms with van der Waals surface area (Å²) in [6, 6.07) is 8.75. The fraction of sp³-hybridized carbons (Fsp3) is 0.385. The molecular formula is C13H16N2O2. The molecule has 0 saturated carbocycles. The third-order valence-electron chi connectivity index (χ3n) is 2.04. The summed E-state index contributed by atoms with van der Waals surface area (Å²) in [5.74, 6) is 0.797. The number of nitrogens with zero attached hydrogens (tertiary/aromatic N) is 1. The van der Waals surface area contributed by atoms with Crippen molar-refractivity contribution in [1.29, 1.82) is 5.26 Å². The van der Waals surface area contributed by atoms with Crippen molar-refractivity contribution in [3.05, 3.63) is 29.8 Å². The quantitative estimate of drug-likeness (QED) is 0.840. The van der Waals surface area contributed by atoms with Gasteiger partial charge in [0, 0.05) is 6.54 Å². The predicted octanol–water partition coefficient (Wildman–Crippen LogP) is 1.71. The van der Waals surface area contributed by atoms with Gasteiger partial charge in [-0.3, -0.25) is 4.79 Å². The second-order valence-electron chi connectivity index (χ2n) is 4.13. The highest BCUT2D eigenvalue weighted by Crippen LogP contribution is 2.12. The van der Waals surface area contributed by atoms with Gasteiger partial charge in [-0.15, -0.1) is 0 Å². The summed E-state index contributed by atoms with van der Waals surface area (Å²) in [6.07, 6.45) is 0. The molecule has 0 heterocycles. The van der Waals surface area contributed by atoms with Crippen LogP contribution in [-0.4, -0.2) is 19.1 Å². The molecule has 0 aromatic heterocycles. The van der Waals surface area contributed by atoms with Crippen molar-refractivity contribution in [2.24, 2.45) is 5.92 Å². The molecule has 0 aliphatic carbocycles. The third kappa shape index (κ3) is 5.03. The van der Waals surface area contributed by atoms with Crippen LogP contribution >= 0.6 is 0 Å². The molecule has 0 bridgehead atoms. The zero-order valence-electron chi connectivity index (χ0n) is 10.1. The molecule has 0 aliphatic heterocycles. The minimum atomic E-state index is -0.152. The normalized spacial score (nSPS) is 9.76. The highest BCUT2D eigenvalue weighted by molar-refractivity contribution is 5.77. The number of carbonyl (C=O) groups is 1. The smallest absolute Gasteiger partial charge is 0.257 e. The lowest BCUT2D eigenvalue weighted by Gasteiger charge is -2.09. The van der Waals surface area contributed by atoms with E-state index in [1.807, 2.05) is 19.9 Å². The number of amides is 1. The standard InChI is InChI=1S/C13H16N2O2/c1-10(2)8-15-13(16)9-17-12-5-3-4-11(6-12)7-14/h3-6,10H,8-9H2,1-2H3,(H,15,16). The molecule has 0 saturated heterocycles. The highest BCUT2D eigenvalue weighted by atomic mass is 16.5. The largest absolute Gasteiger partial charge is 0.484 e. The van der Waals surface area contributed by atoms with Gasteiger partial charge in [0.05, 0.1) is 11.6 Å². The molecule has 1 aromatic carbocycles. The summed E-state index contributed by atoms with van der Waals surface area (Å²) in [7, 11) is 0. The zero-order chi connectivity index (χ0) is 12.7. The summed E-state index contributed by atoms with van der Waals surface area (Å²) in [4.78, 5) is 11.4. The average molecular weight is 232 g/mol. The van der Waals surface area contributed by atoms with E-state index in [2.05, 4.69) is 5.32 Å². The van der Waals surface area contributed by atoms with Crippen molar-refractivity contribution >= 4 is 5.91 Å². The van der Waals surface area contributed by atoms with E-state index in [4.69, 9.17) is 10.00 Å². The van der Waals surface area contributed by atoms with Gasteiger partial charge >= 0.3 is 0 Å². The molecule has 0 atom stereocenters. The molecule has 1 aromatic rings. The first-order valence-corrected chi connectivity index (χ1v) is 5.51. The van der Waals surface area contributed by atoms with Crippen LogP contribution in [-0.2, 0) is 4.79 Å². The van der Waals surface area contributed by atoms with E-state index >= 15 is 0 Å². The molecule has 0 radical (unpaired) electrons. The summed E-state index contributed by atoms with van der Waals surface area (Å²) < 4.78 is 5.28. The number of ether oxygens (including phenoxy) is 1. The van der Waals surface area contributed by atoms with Crippen LogP contribution in [0.15, 0.2) is 24.3 Å². The maximum Gasteiger partial charge on any atom is 0.257 e. The number of nitrogens with one attached hydrogen (secondary N) is 1. The Balaban J connectivity index is 2.40. The SMILES string of the molecule is CC(C)CNC(=O)COc1cccc(C#N)c1. The molecule has 1 rings (SSSR count). The van der Waals surface area contributed by atoms with Gasteiger partial charge in [0.25, 0.3) is 5.91 Å². The van der Waals surface area contributed by atoms with Crippen molar-refractivity contribution in [1.82, 2.24) is 5.32 Å². The van der Waals surface area contributed by atoms with Crippen LogP contribution in [0.1, 0.15) is 19.4 Å². The monoisotopic (exact) mass is 232 g/mol. The molecule has 4 nitrogen and oxygen atoms in total. The van der Waals surface area contributed by atoms with Gasteiger partial charge in [-0.1, -0.05) is 19.9 Å². The van der Waals surface area contributed by atoms with Crippen LogP contribution in [0.4, 0.5) is 0 Å². The molecule has 17 heavy (non-hydrogen) atoms. The number of rotatable bonds is 5. The minimum absolute atomic E-state index is 0.0262. The van der Waals surface area contributed by atoms with Gasteiger partial charge in [0.1, 0.15) is 5.75 Å². The zero-order valence-corrected chi connectivity index (χ0v) is 10.1. The fourth-order valence-corrected chi connectivity index (χ4v) is 1.17. The summed E-state index contributed by atoms with van der Waals surface area (Å²) >= 11 is 0. The molecule has 0 aliphatic rings. The minimum Gasteiger partial charge on any atom is -0.484 e. The van der Waals surface area contributed by atoms with E-state index in [9.17, 15) is 4.79 Å². The second-order valence-corrected chi connectivity index (χ2v) is 4.13. The molecule has 1 amide bonds. The Kier molecular flexibility index (Phi) is 5.02. The Morgan fingerprint density at radius 3 is 2.94 bits per heavy atom. The lowest BCUT2D eigenvalue weighted by atomic mass is 10.2. The topological polar surface area (TPSA) is 62.1 Å². The Labute approximate surface area is 101 Å². The maximum absolute atomic E-state index is 11.4. The first kappa shape index (κ1) is 13.0. The van der Waals surface area contributed by atoms with E-state index < -0.39 is 0 Å². The van der Waals surface area contributed by atoms with Gasteiger partial charge in [0.15, 0.2) is 6.61 Å². The van der Waals surface area contributed by atoms with Crippen molar-refractivity contribution in [3.8, 4) is 11.8 Å². The fourth-order valence-electron chi connectivity index (χ4n) is 1.17. The van der Waals surface area contributed by atoms with Gasteiger partial charge in [-0.2, -0.15) is 5.26 Å². The van der Waals surface area contributed by atoms with E-state index in [-0.39, 0.29) is 12.5 Å². The lowest BCUT2D eigenvalue weighted by molar-refractivity contribution is -0.123. The highest BCUT2D eigenvalue weighted by Gasteiger charge is 2.03. The Hall–Kier alpha value is -2.02. The van der Waals surface area contributed by atoms with Gasteiger partial charge < -0.3 is 10.1 Å². The van der Waals surface area contributed by atoms with Crippen molar-refractivity contribution in [2.75, 3.05) is 13.2 Å². The molecule has 0 fully saturated rings. The van der Waals surface area contributed by atoms with Crippen LogP contribution in [0.2, 0.25) is 0 Å². The van der Waals surface area contributed by atoms with Crippen LogP contribution < -0.4 is 10.1 Å². The summed E-state index contributed by atoms with van der Waals surface area (Å²) in [6.45, 7) is 4.66. The number of hydrogen-bond acceptors (Lipinski definition) is 3. The summed E-state index contributed by atoms with van der Waals surface area (Å²) in [5, 5.41) is 11.5. The van der Waals surface area contributed by atoms with Crippen molar-refractivity contribution in [3.63, 3.8) is 0 Å². The number of nitriles is 1. The van der Waals surface area contributed by atoms with E-state index in [1.165, 1.54) is 0 Å². The molecule has 0 unspecified atom stereocenters. The van der Waals surface area contributed by atoms with Crippen molar-refractivity contribution < 1.29 is 9.53 Å². The number of hydrogen-bond donors (Lipinski definition) is 1. The first-order chi connectivity index (χ1) is 8.11. The van der Waals surface area contributed by atoms with Crippen LogP contribution in [0.25, 0.3) is 0 Å². The van der Waals surface area contributed by atoms with E-state index in [0.717, 1.165) is 0 Å². The molecule has 1 N–H and O–H groups in total. The van der Waals surface area contributed by atoms with Crippen LogP contribution in [0.3, 0.4) is 0 Å². The third-order valence-corrected chi connectivity index (χ3v) is 2.04. The second kappa shape index (κ2) is 6.54. The van der Waals surface area contributed by atoms with Crippen LogP contribution in [0, 0.1) is 17.2 Å². The molecular weight excluding hydrogens is 216 g/mol. The number of carbonyl (C=O) groups excluding carboxylic acids is 1. The molecule has 0 spiro atoms. The van der Waals surface area contributed by atoms with E-state index in [1.54, 1.807) is 24.3 Å². The summed E-state index contributed by atoms with van der Waals surface area (Å²) in [5.41, 5.74) is 0.519. The van der Waals surface area contributed by atoms with Crippen molar-refractivity contribution in [2.45, 2.75) is 13.8 Å². The van der Waals surface area contributed by atoms with Gasteiger partial charge in [-0.25, -0.2) is 0 Å². The number of benzene rings is 1. The Morgan fingerprint density at radius 1 is 1.53 bits per heavy atom. The molecule has 4 heteroatoms. The predicted molar refractivity (Wildman–Crippen MR) is 64.5 cm³/mol. The van der Waals surface area contributed by atoms with E-state index in [0.29, 0.717) is 23.8 Å². The lowest BCUT2D eigenvalue weighted by Crippen LogP contribution is -2.31. The van der Waals surface area contributed by atoms with Crippen LogP contribution in [0.5, 0.6) is 5.75 Å².